The second kappa shape index (κ2) is 4.21. The second-order valence-electron chi connectivity index (χ2n) is 5.03. The van der Waals surface area contributed by atoms with Crippen molar-refractivity contribution in [2.45, 2.75) is 34.1 Å². The molecule has 0 spiro atoms. The maximum Gasteiger partial charge on any atom is 0.220 e. The van der Waals surface area contributed by atoms with E-state index in [1.807, 2.05) is 0 Å². The van der Waals surface area contributed by atoms with Crippen LogP contribution in [0.2, 0.25) is 0 Å². The number of rotatable bonds is 2. The topological polar surface area (TPSA) is 29.1 Å². The summed E-state index contributed by atoms with van der Waals surface area (Å²) in [6, 6.07) is 0. The predicted octanol–water partition coefficient (Wildman–Crippen LogP) is 2.67. The Bertz CT molecular complexity index is 323. The van der Waals surface area contributed by atoms with E-state index in [4.69, 9.17) is 0 Å². The lowest BCUT2D eigenvalue weighted by molar-refractivity contribution is -0.121. The first kappa shape index (κ1) is 12.0. The van der Waals surface area contributed by atoms with Gasteiger partial charge in [-0.05, 0) is 25.2 Å². The molecule has 1 unspecified atom stereocenters. The first-order valence-electron chi connectivity index (χ1n) is 5.45. The van der Waals surface area contributed by atoms with Gasteiger partial charge in [0.15, 0.2) is 0 Å². The van der Waals surface area contributed by atoms with Crippen LogP contribution in [-0.4, -0.2) is 13.0 Å². The molecule has 0 saturated carbocycles. The molecule has 1 atom stereocenters. The monoisotopic (exact) mass is 207 g/mol. The van der Waals surface area contributed by atoms with Gasteiger partial charge in [-0.3, -0.25) is 4.79 Å². The smallest absolute Gasteiger partial charge is 0.220 e. The highest BCUT2D eigenvalue weighted by atomic mass is 16.1. The Kier molecular flexibility index (Phi) is 3.38. The van der Waals surface area contributed by atoms with Gasteiger partial charge in [-0.15, -0.1) is 0 Å². The number of amides is 1. The predicted molar refractivity (Wildman–Crippen MR) is 63.5 cm³/mol. The van der Waals surface area contributed by atoms with Crippen molar-refractivity contribution in [3.63, 3.8) is 0 Å². The van der Waals surface area contributed by atoms with Crippen molar-refractivity contribution in [2.75, 3.05) is 7.05 Å². The molecule has 0 bridgehead atoms. The average molecular weight is 207 g/mol. The Morgan fingerprint density at radius 2 is 2.07 bits per heavy atom. The highest BCUT2D eigenvalue weighted by Crippen LogP contribution is 2.40. The summed E-state index contributed by atoms with van der Waals surface area (Å²) in [5.74, 6) is 0.440. The highest BCUT2D eigenvalue weighted by Gasteiger charge is 2.32. The van der Waals surface area contributed by atoms with Gasteiger partial charge < -0.3 is 5.32 Å². The number of carbonyl (C=O) groups is 1. The van der Waals surface area contributed by atoms with Crippen LogP contribution in [0.15, 0.2) is 23.3 Å². The Hall–Kier alpha value is -1.05. The van der Waals surface area contributed by atoms with Crippen molar-refractivity contribution in [2.24, 2.45) is 11.3 Å². The van der Waals surface area contributed by atoms with E-state index in [0.717, 1.165) is 0 Å². The first-order chi connectivity index (χ1) is 6.86. The molecular weight excluding hydrogens is 186 g/mol. The lowest BCUT2D eigenvalue weighted by atomic mass is 9.69. The quantitative estimate of drug-likeness (QED) is 0.741. The minimum atomic E-state index is 0.0788. The van der Waals surface area contributed by atoms with Crippen molar-refractivity contribution < 1.29 is 4.79 Å². The van der Waals surface area contributed by atoms with E-state index in [0.29, 0.717) is 12.3 Å². The third-order valence-electron chi connectivity index (χ3n) is 3.17. The van der Waals surface area contributed by atoms with Gasteiger partial charge in [0.1, 0.15) is 0 Å². The van der Waals surface area contributed by atoms with Gasteiger partial charge in [-0.1, -0.05) is 37.1 Å². The summed E-state index contributed by atoms with van der Waals surface area (Å²) in [4.78, 5) is 11.4. The third kappa shape index (κ3) is 2.71. The standard InChI is InChI=1S/C13H21NO/c1-9-6-10(2)11(7-12(15)14-5)13(3,4)8-9/h6,8,11H,7H2,1-5H3,(H,14,15). The maximum absolute atomic E-state index is 11.4. The first-order valence-corrected chi connectivity index (χ1v) is 5.45. The number of hydrogen-bond acceptors (Lipinski definition) is 1. The van der Waals surface area contributed by atoms with E-state index in [9.17, 15) is 4.79 Å². The van der Waals surface area contributed by atoms with Crippen LogP contribution in [0, 0.1) is 11.3 Å². The van der Waals surface area contributed by atoms with Gasteiger partial charge >= 0.3 is 0 Å². The van der Waals surface area contributed by atoms with Crippen LogP contribution in [0.1, 0.15) is 34.1 Å². The summed E-state index contributed by atoms with van der Waals surface area (Å²) in [5.41, 5.74) is 2.68. The van der Waals surface area contributed by atoms with E-state index in [1.54, 1.807) is 7.05 Å². The lowest BCUT2D eigenvalue weighted by Crippen LogP contribution is -2.31. The van der Waals surface area contributed by atoms with Crippen LogP contribution < -0.4 is 5.32 Å². The van der Waals surface area contributed by atoms with Crippen LogP contribution in [0.25, 0.3) is 0 Å². The van der Waals surface area contributed by atoms with Gasteiger partial charge in [-0.25, -0.2) is 0 Å². The number of hydrogen-bond donors (Lipinski definition) is 1. The molecule has 84 valence electrons. The Labute approximate surface area is 92.4 Å². The van der Waals surface area contributed by atoms with E-state index in [-0.39, 0.29) is 11.3 Å². The molecule has 0 aromatic rings. The van der Waals surface area contributed by atoms with Crippen molar-refractivity contribution >= 4 is 5.91 Å². The molecule has 0 aromatic carbocycles. The van der Waals surface area contributed by atoms with E-state index < -0.39 is 0 Å². The Morgan fingerprint density at radius 1 is 1.47 bits per heavy atom. The van der Waals surface area contributed by atoms with Crippen molar-refractivity contribution in [1.82, 2.24) is 5.32 Å². The molecule has 2 heteroatoms. The molecule has 1 aliphatic rings. The fraction of sp³-hybridized carbons (Fsp3) is 0.615. The number of nitrogens with one attached hydrogen (secondary N) is 1. The second-order valence-corrected chi connectivity index (χ2v) is 5.03. The zero-order valence-corrected chi connectivity index (χ0v) is 10.3. The minimum Gasteiger partial charge on any atom is -0.359 e. The van der Waals surface area contributed by atoms with E-state index in [2.05, 4.69) is 45.2 Å². The largest absolute Gasteiger partial charge is 0.359 e. The molecule has 1 rings (SSSR count). The molecule has 0 radical (unpaired) electrons. The van der Waals surface area contributed by atoms with Crippen LogP contribution in [-0.2, 0) is 4.79 Å². The molecule has 15 heavy (non-hydrogen) atoms. The number of carbonyl (C=O) groups excluding carboxylic acids is 1. The molecule has 0 fully saturated rings. The molecular formula is C13H21NO. The van der Waals surface area contributed by atoms with Crippen LogP contribution in [0.3, 0.4) is 0 Å². The fourth-order valence-electron chi connectivity index (χ4n) is 2.49. The highest BCUT2D eigenvalue weighted by molar-refractivity contribution is 5.76. The normalized spacial score (nSPS) is 24.2. The van der Waals surface area contributed by atoms with Crippen molar-refractivity contribution in [1.29, 1.82) is 0 Å². The molecule has 1 aliphatic carbocycles. The SMILES string of the molecule is CNC(=O)CC1C(C)=CC(C)=CC1(C)C. The van der Waals surface area contributed by atoms with Gasteiger partial charge in [0, 0.05) is 13.5 Å². The van der Waals surface area contributed by atoms with Gasteiger partial charge in [0.2, 0.25) is 5.91 Å². The maximum atomic E-state index is 11.4. The summed E-state index contributed by atoms with van der Waals surface area (Å²) >= 11 is 0. The van der Waals surface area contributed by atoms with Crippen molar-refractivity contribution in [3.8, 4) is 0 Å². The summed E-state index contributed by atoms with van der Waals surface area (Å²) < 4.78 is 0. The van der Waals surface area contributed by atoms with Crippen LogP contribution in [0.4, 0.5) is 0 Å². The zero-order chi connectivity index (χ0) is 11.6. The summed E-state index contributed by atoms with van der Waals surface area (Å²) in [5, 5.41) is 2.69. The van der Waals surface area contributed by atoms with Crippen LogP contribution in [0.5, 0.6) is 0 Å². The molecule has 0 saturated heterocycles. The Morgan fingerprint density at radius 3 is 2.53 bits per heavy atom. The molecule has 0 heterocycles. The fourth-order valence-corrected chi connectivity index (χ4v) is 2.49. The molecule has 1 amide bonds. The third-order valence-corrected chi connectivity index (χ3v) is 3.17. The molecule has 1 N–H and O–H groups in total. The summed E-state index contributed by atoms with van der Waals surface area (Å²) in [6.45, 7) is 8.62. The van der Waals surface area contributed by atoms with E-state index >= 15 is 0 Å². The minimum absolute atomic E-state index is 0.0788. The van der Waals surface area contributed by atoms with E-state index in [1.165, 1.54) is 11.1 Å². The molecule has 0 aromatic heterocycles. The molecule has 2 nitrogen and oxygen atoms in total. The lowest BCUT2D eigenvalue weighted by Gasteiger charge is -2.35. The summed E-state index contributed by atoms with van der Waals surface area (Å²) in [6.07, 6.45) is 5.02. The molecule has 0 aliphatic heterocycles. The Balaban J connectivity index is 2.89. The van der Waals surface area contributed by atoms with Gasteiger partial charge in [0.05, 0.1) is 0 Å². The van der Waals surface area contributed by atoms with Crippen LogP contribution >= 0.6 is 0 Å². The van der Waals surface area contributed by atoms with Crippen molar-refractivity contribution in [3.05, 3.63) is 23.3 Å². The average Bonchev–Trinajstić information content (AvgIpc) is 2.09. The number of allylic oxidation sites excluding steroid dienone is 4. The zero-order valence-electron chi connectivity index (χ0n) is 10.3. The van der Waals surface area contributed by atoms with Gasteiger partial charge in [-0.2, -0.15) is 0 Å². The summed E-state index contributed by atoms with van der Waals surface area (Å²) in [7, 11) is 1.69. The van der Waals surface area contributed by atoms with Gasteiger partial charge in [0.25, 0.3) is 0 Å².